The maximum absolute atomic E-state index is 13.6. The zero-order valence-corrected chi connectivity index (χ0v) is 11.8. The van der Waals surface area contributed by atoms with E-state index in [4.69, 9.17) is 0 Å². The summed E-state index contributed by atoms with van der Waals surface area (Å²) in [4.78, 5) is 27.0. The Balaban J connectivity index is 0.00000154. The van der Waals surface area contributed by atoms with Gasteiger partial charge in [0.25, 0.3) is 5.91 Å². The van der Waals surface area contributed by atoms with Crippen molar-refractivity contribution in [2.45, 2.75) is 20.8 Å². The highest BCUT2D eigenvalue weighted by molar-refractivity contribution is 5.95. The zero-order valence-electron chi connectivity index (χ0n) is 11.8. The van der Waals surface area contributed by atoms with E-state index in [1.54, 1.807) is 0 Å². The Morgan fingerprint density at radius 3 is 2.32 bits per heavy atom. The van der Waals surface area contributed by atoms with Crippen LogP contribution in [0.4, 0.5) is 10.1 Å². The molecule has 5 nitrogen and oxygen atoms in total. The molecule has 0 heterocycles. The number of rotatable bonds is 3. The molecule has 6 heteroatoms. The van der Waals surface area contributed by atoms with E-state index in [0.29, 0.717) is 5.69 Å². The predicted octanol–water partition coefficient (Wildman–Crippen LogP) is 2.44. The number of halogens is 1. The van der Waals surface area contributed by atoms with E-state index in [1.807, 2.05) is 13.8 Å². The molecule has 0 aromatic heterocycles. The minimum absolute atomic E-state index is 0.122. The second kappa shape index (κ2) is 8.20. The van der Waals surface area contributed by atoms with Gasteiger partial charge < -0.3 is 5.32 Å². The SMILES string of the molecule is CC.CON(C)C(=O)c1ccc(NC(C)=O)cc1F. The van der Waals surface area contributed by atoms with E-state index in [9.17, 15) is 14.0 Å². The molecule has 0 aliphatic heterocycles. The van der Waals surface area contributed by atoms with Gasteiger partial charge in [0, 0.05) is 19.7 Å². The maximum atomic E-state index is 13.6. The molecule has 0 aliphatic rings. The Kier molecular flexibility index (Phi) is 7.36. The van der Waals surface area contributed by atoms with Gasteiger partial charge in [0.2, 0.25) is 5.91 Å². The number of hydrogen-bond acceptors (Lipinski definition) is 3. The van der Waals surface area contributed by atoms with Gasteiger partial charge in [-0.15, -0.1) is 0 Å². The summed E-state index contributed by atoms with van der Waals surface area (Å²) in [6.07, 6.45) is 0. The quantitative estimate of drug-likeness (QED) is 0.858. The lowest BCUT2D eigenvalue weighted by Crippen LogP contribution is -2.26. The van der Waals surface area contributed by atoms with E-state index in [-0.39, 0.29) is 11.5 Å². The van der Waals surface area contributed by atoms with Gasteiger partial charge in [-0.05, 0) is 18.2 Å². The monoisotopic (exact) mass is 270 g/mol. The second-order valence-corrected chi connectivity index (χ2v) is 3.36. The largest absolute Gasteiger partial charge is 0.326 e. The van der Waals surface area contributed by atoms with Gasteiger partial charge in [-0.2, -0.15) is 0 Å². The maximum Gasteiger partial charge on any atom is 0.280 e. The first-order valence-corrected chi connectivity index (χ1v) is 5.85. The molecule has 19 heavy (non-hydrogen) atoms. The predicted molar refractivity (Wildman–Crippen MR) is 71.2 cm³/mol. The number of nitrogens with one attached hydrogen (secondary N) is 1. The molecule has 0 atom stereocenters. The molecule has 0 saturated heterocycles. The fourth-order valence-electron chi connectivity index (χ4n) is 1.22. The third kappa shape index (κ3) is 5.05. The number of carbonyl (C=O) groups excluding carboxylic acids is 2. The first-order chi connectivity index (χ1) is 8.95. The summed E-state index contributed by atoms with van der Waals surface area (Å²) in [5, 5.41) is 3.33. The number of amides is 2. The van der Waals surface area contributed by atoms with Crippen LogP contribution in [0.5, 0.6) is 0 Å². The zero-order chi connectivity index (χ0) is 15.0. The summed E-state index contributed by atoms with van der Waals surface area (Å²) in [6.45, 7) is 5.32. The lowest BCUT2D eigenvalue weighted by molar-refractivity contribution is -0.114. The molecule has 0 saturated carbocycles. The molecule has 0 unspecified atom stereocenters. The Bertz CT molecular complexity index is 450. The van der Waals surface area contributed by atoms with Crippen molar-refractivity contribution in [3.63, 3.8) is 0 Å². The van der Waals surface area contributed by atoms with Crippen LogP contribution in [0.1, 0.15) is 31.1 Å². The van der Waals surface area contributed by atoms with E-state index in [2.05, 4.69) is 10.2 Å². The number of benzene rings is 1. The van der Waals surface area contributed by atoms with Crippen molar-refractivity contribution in [2.24, 2.45) is 0 Å². The van der Waals surface area contributed by atoms with Gasteiger partial charge in [-0.25, -0.2) is 9.45 Å². The van der Waals surface area contributed by atoms with Crippen molar-refractivity contribution in [1.82, 2.24) is 5.06 Å². The average Bonchev–Trinajstić information content (AvgIpc) is 2.39. The molecule has 0 bridgehead atoms. The van der Waals surface area contributed by atoms with Crippen LogP contribution >= 0.6 is 0 Å². The first-order valence-electron chi connectivity index (χ1n) is 5.85. The smallest absolute Gasteiger partial charge is 0.280 e. The molecule has 2 amide bonds. The highest BCUT2D eigenvalue weighted by atomic mass is 19.1. The molecule has 0 fully saturated rings. The van der Waals surface area contributed by atoms with Crippen molar-refractivity contribution in [1.29, 1.82) is 0 Å². The van der Waals surface area contributed by atoms with Crippen molar-refractivity contribution in [3.05, 3.63) is 29.6 Å². The van der Waals surface area contributed by atoms with Gasteiger partial charge in [0.15, 0.2) is 0 Å². The van der Waals surface area contributed by atoms with Gasteiger partial charge in [0.1, 0.15) is 5.82 Å². The standard InChI is InChI=1S/C11H13FN2O3.C2H6/c1-7(15)13-8-4-5-9(10(12)6-8)11(16)14(2)17-3;1-2/h4-6H,1-3H3,(H,13,15);1-2H3. The van der Waals surface area contributed by atoms with Crippen molar-refractivity contribution >= 4 is 17.5 Å². The molecule has 106 valence electrons. The molecule has 0 radical (unpaired) electrons. The summed E-state index contributed by atoms with van der Waals surface area (Å²) in [7, 11) is 2.69. The minimum atomic E-state index is -0.717. The third-order valence-corrected chi connectivity index (χ3v) is 2.08. The van der Waals surface area contributed by atoms with E-state index in [1.165, 1.54) is 33.2 Å². The molecule has 0 aliphatic carbocycles. The summed E-state index contributed by atoms with van der Waals surface area (Å²) in [6, 6.07) is 3.82. The van der Waals surface area contributed by atoms with Crippen LogP contribution in [-0.2, 0) is 9.63 Å². The van der Waals surface area contributed by atoms with Crippen LogP contribution in [0.25, 0.3) is 0 Å². The highest BCUT2D eigenvalue weighted by Gasteiger charge is 2.16. The van der Waals surface area contributed by atoms with E-state index >= 15 is 0 Å². The fraction of sp³-hybridized carbons (Fsp3) is 0.385. The van der Waals surface area contributed by atoms with Crippen molar-refractivity contribution in [3.8, 4) is 0 Å². The Labute approximate surface area is 112 Å². The normalized spacial score (nSPS) is 9.16. The van der Waals surface area contributed by atoms with Crippen molar-refractivity contribution in [2.75, 3.05) is 19.5 Å². The topological polar surface area (TPSA) is 58.6 Å². The minimum Gasteiger partial charge on any atom is -0.326 e. The van der Waals surface area contributed by atoms with E-state index < -0.39 is 11.7 Å². The summed E-state index contributed by atoms with van der Waals surface area (Å²) in [5.74, 6) is -1.62. The molecule has 0 spiro atoms. The van der Waals surface area contributed by atoms with Gasteiger partial charge in [-0.3, -0.25) is 14.4 Å². The summed E-state index contributed by atoms with van der Waals surface area (Å²) < 4.78 is 13.6. The fourth-order valence-corrected chi connectivity index (χ4v) is 1.22. The summed E-state index contributed by atoms with van der Waals surface area (Å²) >= 11 is 0. The van der Waals surface area contributed by atoms with Crippen molar-refractivity contribution < 1.29 is 18.8 Å². The Morgan fingerprint density at radius 1 is 1.32 bits per heavy atom. The number of anilines is 1. The molecule has 1 aromatic rings. The lowest BCUT2D eigenvalue weighted by atomic mass is 10.1. The third-order valence-electron chi connectivity index (χ3n) is 2.08. The van der Waals surface area contributed by atoms with Crippen LogP contribution in [0.15, 0.2) is 18.2 Å². The molecule has 1 N–H and O–H groups in total. The van der Waals surface area contributed by atoms with Gasteiger partial charge in [-0.1, -0.05) is 13.8 Å². The number of hydrogen-bond donors (Lipinski definition) is 1. The Hall–Kier alpha value is -1.95. The van der Waals surface area contributed by atoms with Crippen LogP contribution in [0.3, 0.4) is 0 Å². The summed E-state index contributed by atoms with van der Waals surface area (Å²) in [5.41, 5.74) is 0.176. The van der Waals surface area contributed by atoms with Crippen LogP contribution in [0.2, 0.25) is 0 Å². The average molecular weight is 270 g/mol. The number of carbonyl (C=O) groups is 2. The van der Waals surface area contributed by atoms with E-state index in [0.717, 1.165) is 11.1 Å². The van der Waals surface area contributed by atoms with Crippen LogP contribution < -0.4 is 5.32 Å². The van der Waals surface area contributed by atoms with Crippen LogP contribution in [0, 0.1) is 5.82 Å². The number of nitrogens with zero attached hydrogens (tertiary/aromatic N) is 1. The molecule has 1 aromatic carbocycles. The molecular weight excluding hydrogens is 251 g/mol. The van der Waals surface area contributed by atoms with Gasteiger partial charge in [0.05, 0.1) is 12.7 Å². The Morgan fingerprint density at radius 2 is 1.89 bits per heavy atom. The number of hydroxylamine groups is 2. The molecular formula is C13H19FN2O3. The second-order valence-electron chi connectivity index (χ2n) is 3.36. The van der Waals surface area contributed by atoms with Gasteiger partial charge >= 0.3 is 0 Å². The van der Waals surface area contributed by atoms with Crippen LogP contribution in [-0.4, -0.2) is 31.0 Å². The highest BCUT2D eigenvalue weighted by Crippen LogP contribution is 2.16. The lowest BCUT2D eigenvalue weighted by Gasteiger charge is -2.14. The molecule has 1 rings (SSSR count). The first kappa shape index (κ1) is 17.1.